The van der Waals surface area contributed by atoms with Gasteiger partial charge in [-0.05, 0) is 44.4 Å². The number of nitrogens with zero attached hydrogens (tertiary/aromatic N) is 2. The van der Waals surface area contributed by atoms with Crippen LogP contribution in [0.1, 0.15) is 45.8 Å². The van der Waals surface area contributed by atoms with Crippen LogP contribution in [0.4, 0.5) is 0 Å². The van der Waals surface area contributed by atoms with Crippen LogP contribution in [-0.4, -0.2) is 62.0 Å². The highest BCUT2D eigenvalue weighted by Crippen LogP contribution is 2.28. The number of amides is 1. The zero-order chi connectivity index (χ0) is 16.1. The van der Waals surface area contributed by atoms with Gasteiger partial charge in [0.15, 0.2) is 0 Å². The maximum atomic E-state index is 12.4. The minimum Gasteiger partial charge on any atom is -0.350 e. The zero-order valence-electron chi connectivity index (χ0n) is 14.3. The lowest BCUT2D eigenvalue weighted by Crippen LogP contribution is -2.46. The molecule has 2 heterocycles. The minimum atomic E-state index is 0.121. The van der Waals surface area contributed by atoms with Crippen molar-refractivity contribution in [2.24, 2.45) is 0 Å². The standard InChI is InChI=1S/C18H29N3OS/c1-20-10-12-21(13-11-20)9-8-19-18(22)17-14-15-6-4-2-3-5-7-16(15)23-17/h14H,2-13H2,1H3,(H,19,22). The Bertz CT molecular complexity index is 495. The molecule has 1 fully saturated rings. The molecule has 2 aliphatic rings. The van der Waals surface area contributed by atoms with Gasteiger partial charge in [-0.15, -0.1) is 11.3 Å². The van der Waals surface area contributed by atoms with Crippen molar-refractivity contribution in [3.05, 3.63) is 21.4 Å². The Labute approximate surface area is 143 Å². The van der Waals surface area contributed by atoms with Crippen molar-refractivity contribution in [2.45, 2.75) is 38.5 Å². The van der Waals surface area contributed by atoms with Gasteiger partial charge in [-0.3, -0.25) is 9.69 Å². The van der Waals surface area contributed by atoms with Gasteiger partial charge in [0.25, 0.3) is 5.91 Å². The molecule has 0 aromatic carbocycles. The molecular weight excluding hydrogens is 306 g/mol. The molecule has 1 aliphatic heterocycles. The van der Waals surface area contributed by atoms with E-state index in [2.05, 4.69) is 28.2 Å². The van der Waals surface area contributed by atoms with Crippen LogP contribution >= 0.6 is 11.3 Å². The quantitative estimate of drug-likeness (QED) is 0.918. The molecule has 5 heteroatoms. The molecule has 0 spiro atoms. The molecule has 4 nitrogen and oxygen atoms in total. The number of nitrogens with one attached hydrogen (secondary N) is 1. The second-order valence-corrected chi connectivity index (χ2v) is 8.01. The number of carbonyl (C=O) groups is 1. The predicted octanol–water partition coefficient (Wildman–Crippen LogP) is 2.38. The SMILES string of the molecule is CN1CCN(CCNC(=O)c2cc3c(s2)CCCCCC3)CC1. The van der Waals surface area contributed by atoms with Crippen LogP contribution in [0.15, 0.2) is 6.07 Å². The maximum absolute atomic E-state index is 12.4. The summed E-state index contributed by atoms with van der Waals surface area (Å²) in [7, 11) is 2.17. The first-order chi connectivity index (χ1) is 11.2. The second-order valence-electron chi connectivity index (χ2n) is 6.87. The molecule has 1 aromatic heterocycles. The van der Waals surface area contributed by atoms with E-state index < -0.39 is 0 Å². The average molecular weight is 336 g/mol. The van der Waals surface area contributed by atoms with Crippen LogP contribution in [-0.2, 0) is 12.8 Å². The van der Waals surface area contributed by atoms with Crippen molar-refractivity contribution in [3.63, 3.8) is 0 Å². The summed E-state index contributed by atoms with van der Waals surface area (Å²) in [5, 5.41) is 3.11. The van der Waals surface area contributed by atoms with Gasteiger partial charge < -0.3 is 10.2 Å². The molecular formula is C18H29N3OS. The Morgan fingerprint density at radius 2 is 1.87 bits per heavy atom. The monoisotopic (exact) mass is 335 g/mol. The molecule has 0 bridgehead atoms. The first-order valence-corrected chi connectivity index (χ1v) is 9.85. The third kappa shape index (κ3) is 4.78. The highest BCUT2D eigenvalue weighted by Gasteiger charge is 2.17. The van der Waals surface area contributed by atoms with E-state index in [0.717, 1.165) is 57.0 Å². The van der Waals surface area contributed by atoms with Gasteiger partial charge in [0.2, 0.25) is 0 Å². The fourth-order valence-corrected chi connectivity index (χ4v) is 4.61. The number of piperazine rings is 1. The van der Waals surface area contributed by atoms with E-state index in [1.807, 2.05) is 0 Å². The molecule has 1 aromatic rings. The lowest BCUT2D eigenvalue weighted by molar-refractivity contribution is 0.0945. The first-order valence-electron chi connectivity index (χ1n) is 9.03. The summed E-state index contributed by atoms with van der Waals surface area (Å²) in [5.41, 5.74) is 1.43. The topological polar surface area (TPSA) is 35.6 Å². The summed E-state index contributed by atoms with van der Waals surface area (Å²) < 4.78 is 0. The molecule has 0 unspecified atom stereocenters. The second kappa shape index (κ2) is 8.27. The summed E-state index contributed by atoms with van der Waals surface area (Å²) in [6, 6.07) is 2.15. The number of carbonyl (C=O) groups excluding carboxylic acids is 1. The molecule has 1 aliphatic carbocycles. The van der Waals surface area contributed by atoms with Crippen molar-refractivity contribution in [3.8, 4) is 0 Å². The van der Waals surface area contributed by atoms with E-state index in [1.54, 1.807) is 11.3 Å². The van der Waals surface area contributed by atoms with Crippen molar-refractivity contribution < 1.29 is 4.79 Å². The van der Waals surface area contributed by atoms with Crippen molar-refractivity contribution >= 4 is 17.2 Å². The normalized spacial score (nSPS) is 20.6. The third-order valence-electron chi connectivity index (χ3n) is 5.03. The first kappa shape index (κ1) is 16.9. The van der Waals surface area contributed by atoms with Gasteiger partial charge in [-0.25, -0.2) is 0 Å². The Morgan fingerprint density at radius 3 is 2.65 bits per heavy atom. The van der Waals surface area contributed by atoms with Gasteiger partial charge in [0, 0.05) is 44.1 Å². The summed E-state index contributed by atoms with van der Waals surface area (Å²) in [6.07, 6.45) is 7.53. The molecule has 23 heavy (non-hydrogen) atoms. The van der Waals surface area contributed by atoms with Gasteiger partial charge >= 0.3 is 0 Å². The van der Waals surface area contributed by atoms with E-state index in [-0.39, 0.29) is 5.91 Å². The average Bonchev–Trinajstić information content (AvgIpc) is 2.91. The number of thiophene rings is 1. The Kier molecular flexibility index (Phi) is 6.08. The fourth-order valence-electron chi connectivity index (χ4n) is 3.44. The summed E-state index contributed by atoms with van der Waals surface area (Å²) in [6.45, 7) is 6.20. The number of hydrogen-bond acceptors (Lipinski definition) is 4. The Balaban J connectivity index is 1.47. The molecule has 0 saturated carbocycles. The largest absolute Gasteiger partial charge is 0.350 e. The van der Waals surface area contributed by atoms with Crippen LogP contribution in [0.5, 0.6) is 0 Å². The number of aryl methyl sites for hydroxylation is 2. The fraction of sp³-hybridized carbons (Fsp3) is 0.722. The molecule has 128 valence electrons. The van der Waals surface area contributed by atoms with E-state index in [0.29, 0.717) is 0 Å². The molecule has 0 radical (unpaired) electrons. The smallest absolute Gasteiger partial charge is 0.261 e. The van der Waals surface area contributed by atoms with Crippen molar-refractivity contribution in [1.82, 2.24) is 15.1 Å². The molecule has 1 amide bonds. The molecule has 0 atom stereocenters. The van der Waals surface area contributed by atoms with Crippen LogP contribution in [0.3, 0.4) is 0 Å². The van der Waals surface area contributed by atoms with Crippen LogP contribution in [0.2, 0.25) is 0 Å². The van der Waals surface area contributed by atoms with Gasteiger partial charge in [-0.1, -0.05) is 12.8 Å². The molecule has 1 saturated heterocycles. The number of hydrogen-bond donors (Lipinski definition) is 1. The third-order valence-corrected chi connectivity index (χ3v) is 6.27. The highest BCUT2D eigenvalue weighted by molar-refractivity contribution is 7.14. The van der Waals surface area contributed by atoms with Crippen LogP contribution in [0, 0.1) is 0 Å². The van der Waals surface area contributed by atoms with E-state index in [1.165, 1.54) is 36.1 Å². The highest BCUT2D eigenvalue weighted by atomic mass is 32.1. The number of rotatable bonds is 4. The molecule has 3 rings (SSSR count). The van der Waals surface area contributed by atoms with Crippen LogP contribution < -0.4 is 5.32 Å². The van der Waals surface area contributed by atoms with Crippen molar-refractivity contribution in [2.75, 3.05) is 46.3 Å². The minimum absolute atomic E-state index is 0.121. The lowest BCUT2D eigenvalue weighted by atomic mass is 10.00. The summed E-state index contributed by atoms with van der Waals surface area (Å²) in [4.78, 5) is 19.6. The van der Waals surface area contributed by atoms with Crippen LogP contribution in [0.25, 0.3) is 0 Å². The summed E-state index contributed by atoms with van der Waals surface area (Å²) in [5.74, 6) is 0.121. The van der Waals surface area contributed by atoms with Gasteiger partial charge in [0.05, 0.1) is 4.88 Å². The Morgan fingerprint density at radius 1 is 1.13 bits per heavy atom. The van der Waals surface area contributed by atoms with Crippen molar-refractivity contribution in [1.29, 1.82) is 0 Å². The predicted molar refractivity (Wildman–Crippen MR) is 96.5 cm³/mol. The maximum Gasteiger partial charge on any atom is 0.261 e. The van der Waals surface area contributed by atoms with Gasteiger partial charge in [0.1, 0.15) is 0 Å². The van der Waals surface area contributed by atoms with E-state index in [9.17, 15) is 4.79 Å². The number of likely N-dealkylation sites (N-methyl/N-ethyl adjacent to an activating group) is 1. The van der Waals surface area contributed by atoms with E-state index in [4.69, 9.17) is 0 Å². The van der Waals surface area contributed by atoms with Gasteiger partial charge in [-0.2, -0.15) is 0 Å². The summed E-state index contributed by atoms with van der Waals surface area (Å²) >= 11 is 1.72. The number of fused-ring (bicyclic) bond motifs is 1. The Hall–Kier alpha value is -0.910. The molecule has 1 N–H and O–H groups in total. The van der Waals surface area contributed by atoms with E-state index >= 15 is 0 Å². The lowest BCUT2D eigenvalue weighted by Gasteiger charge is -2.32. The zero-order valence-corrected chi connectivity index (χ0v) is 15.1.